The minimum atomic E-state index is -0.684. The highest BCUT2D eigenvalue weighted by atomic mass is 19.1. The summed E-state index contributed by atoms with van der Waals surface area (Å²) in [6.07, 6.45) is 2.78. The number of nitrogens with one attached hydrogen (secondary N) is 1. The molecule has 0 bridgehead atoms. The lowest BCUT2D eigenvalue weighted by Gasteiger charge is -2.24. The summed E-state index contributed by atoms with van der Waals surface area (Å²) in [6, 6.07) is 7.62. The SMILES string of the molecule is O=C(Nc1cccc2c1OCC[C@@H]2O)c1cc2nccnc2cc1F. The minimum absolute atomic E-state index is 0.137. The average molecular weight is 339 g/mol. The van der Waals surface area contributed by atoms with Gasteiger partial charge in [0, 0.05) is 30.4 Å². The largest absolute Gasteiger partial charge is 0.491 e. The first kappa shape index (κ1) is 15.5. The number of hydrogen-bond acceptors (Lipinski definition) is 5. The lowest BCUT2D eigenvalue weighted by molar-refractivity contribution is 0.101. The van der Waals surface area contributed by atoms with E-state index < -0.39 is 17.8 Å². The van der Waals surface area contributed by atoms with Gasteiger partial charge in [-0.1, -0.05) is 12.1 Å². The monoisotopic (exact) mass is 339 g/mol. The van der Waals surface area contributed by atoms with E-state index in [1.54, 1.807) is 18.2 Å². The number of amides is 1. The van der Waals surface area contributed by atoms with Crippen LogP contribution in [0.25, 0.3) is 11.0 Å². The van der Waals surface area contributed by atoms with Gasteiger partial charge in [0.2, 0.25) is 0 Å². The minimum Gasteiger partial charge on any atom is -0.491 e. The molecule has 2 aromatic carbocycles. The second kappa shape index (κ2) is 6.10. The molecule has 0 aliphatic carbocycles. The third-order valence-corrected chi connectivity index (χ3v) is 4.09. The molecule has 126 valence electrons. The Hall–Kier alpha value is -3.06. The molecule has 1 aliphatic heterocycles. The van der Waals surface area contributed by atoms with Crippen molar-refractivity contribution in [3.63, 3.8) is 0 Å². The zero-order chi connectivity index (χ0) is 17.4. The van der Waals surface area contributed by atoms with Crippen LogP contribution in [0.15, 0.2) is 42.7 Å². The molecule has 0 saturated carbocycles. The van der Waals surface area contributed by atoms with Crippen molar-refractivity contribution in [3.8, 4) is 5.75 Å². The van der Waals surface area contributed by atoms with Crippen molar-refractivity contribution in [2.75, 3.05) is 11.9 Å². The van der Waals surface area contributed by atoms with Gasteiger partial charge in [0.25, 0.3) is 5.91 Å². The summed E-state index contributed by atoms with van der Waals surface area (Å²) >= 11 is 0. The molecular weight excluding hydrogens is 325 g/mol. The van der Waals surface area contributed by atoms with E-state index in [0.717, 1.165) is 0 Å². The topological polar surface area (TPSA) is 84.3 Å². The number of benzene rings is 2. The fourth-order valence-electron chi connectivity index (χ4n) is 2.85. The molecule has 7 heteroatoms. The van der Waals surface area contributed by atoms with Crippen molar-refractivity contribution in [3.05, 3.63) is 59.7 Å². The Morgan fingerprint density at radius 2 is 2.00 bits per heavy atom. The van der Waals surface area contributed by atoms with Crippen LogP contribution in [-0.4, -0.2) is 27.6 Å². The molecule has 1 atom stereocenters. The first-order valence-corrected chi connectivity index (χ1v) is 7.79. The Labute approximate surface area is 142 Å². The van der Waals surface area contributed by atoms with E-state index in [4.69, 9.17) is 4.74 Å². The number of nitrogens with zero attached hydrogens (tertiary/aromatic N) is 2. The number of para-hydroxylation sites is 1. The second-order valence-electron chi connectivity index (χ2n) is 5.71. The summed E-state index contributed by atoms with van der Waals surface area (Å²) in [6.45, 7) is 0.348. The maximum absolute atomic E-state index is 14.3. The third kappa shape index (κ3) is 2.78. The molecule has 0 radical (unpaired) electrons. The molecule has 2 N–H and O–H groups in total. The fourth-order valence-corrected chi connectivity index (χ4v) is 2.85. The van der Waals surface area contributed by atoms with Gasteiger partial charge in [0.15, 0.2) is 0 Å². The van der Waals surface area contributed by atoms with Gasteiger partial charge in [-0.15, -0.1) is 0 Å². The number of fused-ring (bicyclic) bond motifs is 2. The Balaban J connectivity index is 1.69. The number of rotatable bonds is 2. The van der Waals surface area contributed by atoms with Gasteiger partial charge in [-0.05, 0) is 12.1 Å². The molecule has 4 rings (SSSR count). The number of aliphatic hydroxyl groups excluding tert-OH is 1. The normalized spacial score (nSPS) is 16.2. The van der Waals surface area contributed by atoms with Gasteiger partial charge in [0.1, 0.15) is 11.6 Å². The number of aromatic nitrogens is 2. The van der Waals surface area contributed by atoms with Gasteiger partial charge in [-0.25, -0.2) is 4.39 Å². The summed E-state index contributed by atoms with van der Waals surface area (Å²) in [5, 5.41) is 12.7. The summed E-state index contributed by atoms with van der Waals surface area (Å²) in [5.41, 5.74) is 1.66. The van der Waals surface area contributed by atoms with Crippen LogP contribution in [0.1, 0.15) is 28.4 Å². The van der Waals surface area contributed by atoms with Crippen LogP contribution in [-0.2, 0) is 0 Å². The number of carbonyl (C=O) groups excluding carboxylic acids is 1. The number of aliphatic hydroxyl groups is 1. The van der Waals surface area contributed by atoms with Crippen molar-refractivity contribution in [2.24, 2.45) is 0 Å². The fraction of sp³-hybridized carbons (Fsp3) is 0.167. The van der Waals surface area contributed by atoms with Crippen LogP contribution in [0, 0.1) is 5.82 Å². The zero-order valence-corrected chi connectivity index (χ0v) is 13.1. The van der Waals surface area contributed by atoms with E-state index in [1.807, 2.05) is 0 Å². The van der Waals surface area contributed by atoms with Crippen molar-refractivity contribution < 1.29 is 19.0 Å². The lowest BCUT2D eigenvalue weighted by Crippen LogP contribution is -2.19. The van der Waals surface area contributed by atoms with Crippen LogP contribution >= 0.6 is 0 Å². The molecule has 0 unspecified atom stereocenters. The maximum atomic E-state index is 14.3. The molecule has 3 aromatic rings. The van der Waals surface area contributed by atoms with Gasteiger partial charge in [0.05, 0.1) is 35.0 Å². The molecule has 1 aromatic heterocycles. The van der Waals surface area contributed by atoms with E-state index in [-0.39, 0.29) is 5.56 Å². The van der Waals surface area contributed by atoms with Crippen LogP contribution in [0.4, 0.5) is 10.1 Å². The molecule has 0 saturated heterocycles. The molecular formula is C18H14FN3O3. The standard InChI is InChI=1S/C18H14FN3O3/c19-12-9-15-14(20-5-6-21-15)8-11(12)18(24)22-13-3-1-2-10-16(23)4-7-25-17(10)13/h1-3,5-6,8-9,16,23H,4,7H2,(H,22,24)/t16-/m0/s1. The van der Waals surface area contributed by atoms with Crippen molar-refractivity contribution in [2.45, 2.75) is 12.5 Å². The number of halogens is 1. The summed E-state index contributed by atoms with van der Waals surface area (Å²) in [4.78, 5) is 20.6. The second-order valence-corrected chi connectivity index (χ2v) is 5.71. The molecule has 1 amide bonds. The predicted octanol–water partition coefficient (Wildman–Crippen LogP) is 2.84. The molecule has 2 heterocycles. The van der Waals surface area contributed by atoms with Gasteiger partial charge in [-0.2, -0.15) is 0 Å². The number of ether oxygens (including phenoxy) is 1. The zero-order valence-electron chi connectivity index (χ0n) is 13.1. The van der Waals surface area contributed by atoms with Crippen molar-refractivity contribution >= 4 is 22.6 Å². The van der Waals surface area contributed by atoms with Crippen LogP contribution in [0.3, 0.4) is 0 Å². The lowest BCUT2D eigenvalue weighted by atomic mass is 10.0. The maximum Gasteiger partial charge on any atom is 0.258 e. The highest BCUT2D eigenvalue weighted by Crippen LogP contribution is 2.38. The van der Waals surface area contributed by atoms with Gasteiger partial charge >= 0.3 is 0 Å². The Morgan fingerprint density at radius 3 is 2.80 bits per heavy atom. The summed E-state index contributed by atoms with van der Waals surface area (Å²) in [5.74, 6) is -0.894. The highest BCUT2D eigenvalue weighted by molar-refractivity contribution is 6.06. The average Bonchev–Trinajstić information content (AvgIpc) is 2.62. The molecule has 1 aliphatic rings. The van der Waals surface area contributed by atoms with Crippen LogP contribution in [0.2, 0.25) is 0 Å². The third-order valence-electron chi connectivity index (χ3n) is 4.09. The van der Waals surface area contributed by atoms with E-state index in [0.29, 0.717) is 41.1 Å². The Kier molecular flexibility index (Phi) is 3.77. The van der Waals surface area contributed by atoms with E-state index in [9.17, 15) is 14.3 Å². The highest BCUT2D eigenvalue weighted by Gasteiger charge is 2.23. The summed E-state index contributed by atoms with van der Waals surface area (Å²) in [7, 11) is 0. The predicted molar refractivity (Wildman–Crippen MR) is 89.0 cm³/mol. The first-order valence-electron chi connectivity index (χ1n) is 7.79. The van der Waals surface area contributed by atoms with Crippen molar-refractivity contribution in [1.29, 1.82) is 0 Å². The smallest absolute Gasteiger partial charge is 0.258 e. The Bertz CT molecular complexity index is 977. The first-order chi connectivity index (χ1) is 12.1. The van der Waals surface area contributed by atoms with Crippen molar-refractivity contribution in [1.82, 2.24) is 9.97 Å². The van der Waals surface area contributed by atoms with E-state index in [1.165, 1.54) is 24.5 Å². The van der Waals surface area contributed by atoms with Crippen LogP contribution < -0.4 is 10.1 Å². The number of anilines is 1. The summed E-state index contributed by atoms with van der Waals surface area (Å²) < 4.78 is 19.8. The Morgan fingerprint density at radius 1 is 1.24 bits per heavy atom. The number of hydrogen-bond donors (Lipinski definition) is 2. The van der Waals surface area contributed by atoms with Gasteiger partial charge < -0.3 is 15.2 Å². The molecule has 0 spiro atoms. The van der Waals surface area contributed by atoms with Crippen LogP contribution in [0.5, 0.6) is 5.75 Å². The van der Waals surface area contributed by atoms with E-state index >= 15 is 0 Å². The molecule has 25 heavy (non-hydrogen) atoms. The molecule has 6 nitrogen and oxygen atoms in total. The molecule has 0 fully saturated rings. The van der Waals surface area contributed by atoms with Gasteiger partial charge in [-0.3, -0.25) is 14.8 Å². The number of carbonyl (C=O) groups is 1. The van der Waals surface area contributed by atoms with E-state index in [2.05, 4.69) is 15.3 Å². The quantitative estimate of drug-likeness (QED) is 0.750.